The quantitative estimate of drug-likeness (QED) is 0.215. The predicted molar refractivity (Wildman–Crippen MR) is 120 cm³/mol. The molecule has 0 aliphatic rings. The fraction of sp³-hybridized carbons (Fsp3) is 0.273. The molecular weight excluding hydrogens is 418 g/mol. The molecule has 0 bridgehead atoms. The second-order valence-corrected chi connectivity index (χ2v) is 7.44. The number of amides is 1. The van der Waals surface area contributed by atoms with E-state index in [-0.39, 0.29) is 5.69 Å². The molecule has 31 heavy (non-hydrogen) atoms. The first kappa shape index (κ1) is 22.4. The summed E-state index contributed by atoms with van der Waals surface area (Å²) in [6.07, 6.45) is 2.94. The standard InChI is InChI=1S/C22H23N3O5S/c1-3-29-14-13-24-19-11-10-18(30-4-2)15-20(19)31-22(24)23-21(26)12-7-16-5-8-17(9-6-16)25(27)28/h5-12,15H,3-4,13-14H2,1-2H3/b12-7-,23-22?. The summed E-state index contributed by atoms with van der Waals surface area (Å²) in [6.45, 7) is 6.13. The summed E-state index contributed by atoms with van der Waals surface area (Å²) in [5, 5.41) is 10.7. The maximum absolute atomic E-state index is 12.5. The maximum Gasteiger partial charge on any atom is 0.272 e. The van der Waals surface area contributed by atoms with Crippen molar-refractivity contribution in [3.8, 4) is 5.75 Å². The molecule has 8 nitrogen and oxygen atoms in total. The van der Waals surface area contributed by atoms with Gasteiger partial charge in [0.15, 0.2) is 4.80 Å². The van der Waals surface area contributed by atoms with Gasteiger partial charge in [0, 0.05) is 31.4 Å². The molecule has 0 saturated carbocycles. The van der Waals surface area contributed by atoms with E-state index in [1.54, 1.807) is 18.2 Å². The molecule has 0 aliphatic heterocycles. The van der Waals surface area contributed by atoms with Crippen LogP contribution < -0.4 is 9.54 Å². The maximum atomic E-state index is 12.5. The number of fused-ring (bicyclic) bond motifs is 1. The van der Waals surface area contributed by atoms with E-state index in [0.29, 0.717) is 36.7 Å². The Bertz CT molecular complexity index is 1160. The van der Waals surface area contributed by atoms with Crippen molar-refractivity contribution in [3.05, 3.63) is 69.0 Å². The summed E-state index contributed by atoms with van der Waals surface area (Å²) < 4.78 is 14.0. The molecule has 0 spiro atoms. The highest BCUT2D eigenvalue weighted by Gasteiger charge is 2.09. The zero-order valence-corrected chi connectivity index (χ0v) is 18.1. The Morgan fingerprint density at radius 2 is 1.97 bits per heavy atom. The number of carbonyl (C=O) groups excluding carboxylic acids is 1. The lowest BCUT2D eigenvalue weighted by molar-refractivity contribution is -0.384. The van der Waals surface area contributed by atoms with Crippen LogP contribution in [0.25, 0.3) is 16.3 Å². The van der Waals surface area contributed by atoms with Gasteiger partial charge in [-0.1, -0.05) is 11.3 Å². The Kier molecular flexibility index (Phi) is 7.69. The van der Waals surface area contributed by atoms with Crippen LogP contribution in [0.5, 0.6) is 5.75 Å². The van der Waals surface area contributed by atoms with Crippen LogP contribution in [0.4, 0.5) is 5.69 Å². The normalized spacial score (nSPS) is 12.0. The lowest BCUT2D eigenvalue weighted by Crippen LogP contribution is -2.19. The zero-order chi connectivity index (χ0) is 22.2. The number of rotatable bonds is 9. The molecule has 2 aromatic carbocycles. The smallest absolute Gasteiger partial charge is 0.272 e. The molecule has 1 heterocycles. The Hall–Kier alpha value is -3.30. The summed E-state index contributed by atoms with van der Waals surface area (Å²) in [7, 11) is 0. The van der Waals surface area contributed by atoms with Crippen molar-refractivity contribution >= 4 is 39.2 Å². The Morgan fingerprint density at radius 3 is 2.65 bits per heavy atom. The molecule has 3 rings (SSSR count). The van der Waals surface area contributed by atoms with Crippen LogP contribution in [0, 0.1) is 10.1 Å². The van der Waals surface area contributed by atoms with Crippen LogP contribution in [0.2, 0.25) is 0 Å². The van der Waals surface area contributed by atoms with E-state index in [1.165, 1.54) is 29.5 Å². The predicted octanol–water partition coefficient (Wildman–Crippen LogP) is 4.19. The highest BCUT2D eigenvalue weighted by Crippen LogP contribution is 2.23. The van der Waals surface area contributed by atoms with Crippen molar-refractivity contribution in [1.82, 2.24) is 4.57 Å². The minimum absolute atomic E-state index is 0.000187. The number of nitrogens with zero attached hydrogens (tertiary/aromatic N) is 3. The van der Waals surface area contributed by atoms with Crippen molar-refractivity contribution in [3.63, 3.8) is 0 Å². The number of aromatic nitrogens is 1. The molecule has 3 aromatic rings. The van der Waals surface area contributed by atoms with Gasteiger partial charge in [0.25, 0.3) is 11.6 Å². The third-order valence-corrected chi connectivity index (χ3v) is 5.40. The van der Waals surface area contributed by atoms with Crippen LogP contribution in [-0.4, -0.2) is 35.2 Å². The largest absolute Gasteiger partial charge is 0.494 e. The third-order valence-electron chi connectivity index (χ3n) is 4.36. The SMILES string of the molecule is CCOCCn1c(=NC(=O)/C=C\c2ccc([N+](=O)[O-])cc2)sc2cc(OCC)ccc21. The second-order valence-electron chi connectivity index (χ2n) is 6.43. The molecule has 162 valence electrons. The minimum atomic E-state index is -0.465. The molecule has 0 fully saturated rings. The number of hydrogen-bond acceptors (Lipinski definition) is 6. The number of carbonyl (C=O) groups is 1. The Labute approximate surface area is 183 Å². The number of ether oxygens (including phenoxy) is 2. The fourth-order valence-corrected chi connectivity index (χ4v) is 4.01. The molecule has 0 unspecified atom stereocenters. The summed E-state index contributed by atoms with van der Waals surface area (Å²) >= 11 is 1.41. The monoisotopic (exact) mass is 441 g/mol. The van der Waals surface area contributed by atoms with Crippen molar-refractivity contribution < 1.29 is 19.2 Å². The molecule has 1 aromatic heterocycles. The fourth-order valence-electron chi connectivity index (χ4n) is 2.92. The van der Waals surface area contributed by atoms with Gasteiger partial charge in [-0.25, -0.2) is 0 Å². The molecule has 0 saturated heterocycles. The molecule has 0 radical (unpaired) electrons. The highest BCUT2D eigenvalue weighted by atomic mass is 32.1. The van der Waals surface area contributed by atoms with Crippen LogP contribution in [0.15, 0.2) is 53.5 Å². The van der Waals surface area contributed by atoms with Gasteiger partial charge in [0.2, 0.25) is 0 Å². The van der Waals surface area contributed by atoms with Gasteiger partial charge < -0.3 is 14.0 Å². The lowest BCUT2D eigenvalue weighted by atomic mass is 10.2. The van der Waals surface area contributed by atoms with Crippen molar-refractivity contribution in [2.24, 2.45) is 4.99 Å². The zero-order valence-electron chi connectivity index (χ0n) is 17.3. The van der Waals surface area contributed by atoms with Gasteiger partial charge in [-0.15, -0.1) is 0 Å². The van der Waals surface area contributed by atoms with E-state index in [0.717, 1.165) is 16.0 Å². The van der Waals surface area contributed by atoms with Crippen LogP contribution in [0.1, 0.15) is 19.4 Å². The number of thiazole rings is 1. The van der Waals surface area contributed by atoms with Crippen molar-refractivity contribution in [2.45, 2.75) is 20.4 Å². The molecule has 0 aliphatic carbocycles. The number of nitro groups is 1. The van der Waals surface area contributed by atoms with E-state index in [4.69, 9.17) is 9.47 Å². The molecular formula is C22H23N3O5S. The number of nitro benzene ring substituents is 1. The first-order valence-electron chi connectivity index (χ1n) is 9.87. The number of non-ortho nitro benzene ring substituents is 1. The molecule has 0 atom stereocenters. The van der Waals surface area contributed by atoms with E-state index >= 15 is 0 Å². The number of hydrogen-bond donors (Lipinski definition) is 0. The lowest BCUT2D eigenvalue weighted by Gasteiger charge is -2.06. The van der Waals surface area contributed by atoms with Crippen LogP contribution in [-0.2, 0) is 16.1 Å². The van der Waals surface area contributed by atoms with Gasteiger partial charge >= 0.3 is 0 Å². The van der Waals surface area contributed by atoms with Gasteiger partial charge in [0.05, 0.1) is 28.4 Å². The van der Waals surface area contributed by atoms with Gasteiger partial charge in [-0.05, 0) is 55.8 Å². The van der Waals surface area contributed by atoms with Crippen molar-refractivity contribution in [2.75, 3.05) is 19.8 Å². The number of benzene rings is 2. The Morgan fingerprint density at radius 1 is 1.19 bits per heavy atom. The van der Waals surface area contributed by atoms with Gasteiger partial charge in [-0.3, -0.25) is 14.9 Å². The average molecular weight is 442 g/mol. The van der Waals surface area contributed by atoms with E-state index < -0.39 is 10.8 Å². The van der Waals surface area contributed by atoms with E-state index in [1.807, 2.05) is 36.6 Å². The minimum Gasteiger partial charge on any atom is -0.494 e. The first-order valence-corrected chi connectivity index (χ1v) is 10.7. The van der Waals surface area contributed by atoms with Crippen LogP contribution >= 0.6 is 11.3 Å². The van der Waals surface area contributed by atoms with Crippen molar-refractivity contribution in [1.29, 1.82) is 0 Å². The summed E-state index contributed by atoms with van der Waals surface area (Å²) in [4.78, 5) is 27.6. The van der Waals surface area contributed by atoms with Crippen LogP contribution in [0.3, 0.4) is 0 Å². The van der Waals surface area contributed by atoms with Gasteiger partial charge in [-0.2, -0.15) is 4.99 Å². The van der Waals surface area contributed by atoms with E-state index in [9.17, 15) is 14.9 Å². The Balaban J connectivity index is 1.89. The summed E-state index contributed by atoms with van der Waals surface area (Å²) in [5.41, 5.74) is 1.63. The first-order chi connectivity index (χ1) is 15.0. The second kappa shape index (κ2) is 10.6. The highest BCUT2D eigenvalue weighted by molar-refractivity contribution is 7.16. The molecule has 1 amide bonds. The molecule has 9 heteroatoms. The van der Waals surface area contributed by atoms with Gasteiger partial charge in [0.1, 0.15) is 5.75 Å². The topological polar surface area (TPSA) is 96.0 Å². The average Bonchev–Trinajstić information content (AvgIpc) is 3.09. The third kappa shape index (κ3) is 5.87. The summed E-state index contributed by atoms with van der Waals surface area (Å²) in [5.74, 6) is 0.351. The molecule has 0 N–H and O–H groups in total. The summed E-state index contributed by atoms with van der Waals surface area (Å²) in [6, 6.07) is 11.7. The van der Waals surface area contributed by atoms with E-state index in [2.05, 4.69) is 4.99 Å².